The van der Waals surface area contributed by atoms with Crippen LogP contribution in [0.1, 0.15) is 35.8 Å². The van der Waals surface area contributed by atoms with Crippen molar-refractivity contribution in [2.24, 2.45) is 0 Å². The monoisotopic (exact) mass is 432 g/mol. The van der Waals surface area contributed by atoms with Gasteiger partial charge in [0.05, 0.1) is 5.25 Å². The minimum Gasteiger partial charge on any atom is -0.485 e. The largest absolute Gasteiger partial charge is 0.485 e. The van der Waals surface area contributed by atoms with Crippen molar-refractivity contribution in [3.05, 3.63) is 40.2 Å². The first-order valence-corrected chi connectivity index (χ1v) is 11.0. The summed E-state index contributed by atoms with van der Waals surface area (Å²) in [6.07, 6.45) is 0. The molecule has 3 rings (SSSR count). The first-order valence-electron chi connectivity index (χ1n) is 9.27. The lowest BCUT2D eigenvalue weighted by Gasteiger charge is -2.12. The number of hydrogen-bond acceptors (Lipinski definition) is 8. The molecule has 1 N–H and O–H groups in total. The molecule has 0 bridgehead atoms. The van der Waals surface area contributed by atoms with Gasteiger partial charge in [0.25, 0.3) is 0 Å². The number of aryl methyl sites for hydroxylation is 3. The number of thioether (sulfide) groups is 1. The summed E-state index contributed by atoms with van der Waals surface area (Å²) in [6, 6.07) is 6.07. The van der Waals surface area contributed by atoms with Gasteiger partial charge in [0.2, 0.25) is 11.0 Å². The van der Waals surface area contributed by atoms with Crippen molar-refractivity contribution in [1.82, 2.24) is 25.0 Å². The standard InChI is InChI=1S/C19H24N6O2S2/c1-6-25-16(10-27-15-8-7-11(2)9-12(15)3)22-24-19(25)28-13(4)17(26)20-18-23-21-14(5)29-18/h7-9,13H,6,10H2,1-5H3,(H,20,23,26)/t13-/m0/s1. The van der Waals surface area contributed by atoms with E-state index in [1.165, 1.54) is 28.7 Å². The second-order valence-corrected chi connectivity index (χ2v) is 9.07. The van der Waals surface area contributed by atoms with E-state index in [0.29, 0.717) is 23.4 Å². The van der Waals surface area contributed by atoms with Crippen LogP contribution in [0.15, 0.2) is 23.4 Å². The maximum Gasteiger partial charge on any atom is 0.239 e. The van der Waals surface area contributed by atoms with Gasteiger partial charge in [-0.05, 0) is 46.2 Å². The van der Waals surface area contributed by atoms with E-state index in [-0.39, 0.29) is 11.2 Å². The lowest BCUT2D eigenvalue weighted by molar-refractivity contribution is -0.115. The van der Waals surface area contributed by atoms with Gasteiger partial charge in [0, 0.05) is 6.54 Å². The molecule has 29 heavy (non-hydrogen) atoms. The van der Waals surface area contributed by atoms with Crippen LogP contribution < -0.4 is 10.1 Å². The van der Waals surface area contributed by atoms with Gasteiger partial charge in [-0.2, -0.15) is 0 Å². The fourth-order valence-electron chi connectivity index (χ4n) is 2.70. The Morgan fingerprint density at radius 3 is 2.69 bits per heavy atom. The molecular formula is C19H24N6O2S2. The maximum atomic E-state index is 12.4. The zero-order chi connectivity index (χ0) is 21.0. The average Bonchev–Trinajstić information content (AvgIpc) is 3.26. The molecule has 0 saturated heterocycles. The normalized spacial score (nSPS) is 12.0. The number of anilines is 1. The van der Waals surface area contributed by atoms with Crippen LogP contribution in [0.2, 0.25) is 0 Å². The fraction of sp³-hybridized carbons (Fsp3) is 0.421. The molecule has 1 amide bonds. The van der Waals surface area contributed by atoms with Crippen LogP contribution in [0.25, 0.3) is 0 Å². The van der Waals surface area contributed by atoms with Crippen LogP contribution >= 0.6 is 23.1 Å². The predicted molar refractivity (Wildman–Crippen MR) is 115 cm³/mol. The molecule has 0 radical (unpaired) electrons. The quantitative estimate of drug-likeness (QED) is 0.541. The fourth-order valence-corrected chi connectivity index (χ4v) is 4.23. The van der Waals surface area contributed by atoms with Gasteiger partial charge in [-0.3, -0.25) is 10.1 Å². The zero-order valence-corrected chi connectivity index (χ0v) is 18.7. The minimum absolute atomic E-state index is 0.148. The highest BCUT2D eigenvalue weighted by atomic mass is 32.2. The minimum atomic E-state index is -0.359. The van der Waals surface area contributed by atoms with E-state index in [4.69, 9.17) is 4.74 Å². The van der Waals surface area contributed by atoms with Crippen molar-refractivity contribution in [2.45, 2.75) is 58.2 Å². The zero-order valence-electron chi connectivity index (χ0n) is 17.1. The van der Waals surface area contributed by atoms with Gasteiger partial charge >= 0.3 is 0 Å². The SMILES string of the molecule is CCn1c(COc2ccc(C)cc2C)nnc1S[C@@H](C)C(=O)Nc1nnc(C)s1. The summed E-state index contributed by atoms with van der Waals surface area (Å²) in [5.41, 5.74) is 2.28. The molecule has 0 aliphatic carbocycles. The molecule has 2 aromatic heterocycles. The average molecular weight is 433 g/mol. The molecule has 3 aromatic rings. The third-order valence-corrected chi connectivity index (χ3v) is 6.04. The van der Waals surface area contributed by atoms with Crippen molar-refractivity contribution in [1.29, 1.82) is 0 Å². The van der Waals surface area contributed by atoms with Crippen molar-refractivity contribution in [3.63, 3.8) is 0 Å². The molecular weight excluding hydrogens is 408 g/mol. The Balaban J connectivity index is 1.64. The Morgan fingerprint density at radius 1 is 1.24 bits per heavy atom. The Kier molecular flexibility index (Phi) is 6.86. The number of aromatic nitrogens is 5. The van der Waals surface area contributed by atoms with Gasteiger partial charge < -0.3 is 9.30 Å². The summed E-state index contributed by atoms with van der Waals surface area (Å²) in [5, 5.41) is 20.8. The highest BCUT2D eigenvalue weighted by molar-refractivity contribution is 8.00. The number of carbonyl (C=O) groups excluding carboxylic acids is 1. The first-order chi connectivity index (χ1) is 13.9. The van der Waals surface area contributed by atoms with Crippen LogP contribution in [0.3, 0.4) is 0 Å². The van der Waals surface area contributed by atoms with E-state index in [1.807, 2.05) is 44.4 Å². The van der Waals surface area contributed by atoms with Crippen molar-refractivity contribution in [2.75, 3.05) is 5.32 Å². The lowest BCUT2D eigenvalue weighted by Crippen LogP contribution is -2.23. The number of carbonyl (C=O) groups is 1. The van der Waals surface area contributed by atoms with Crippen LogP contribution in [0.5, 0.6) is 5.75 Å². The summed E-state index contributed by atoms with van der Waals surface area (Å²) in [6.45, 7) is 10.8. The van der Waals surface area contributed by atoms with Gasteiger partial charge in [0.15, 0.2) is 11.0 Å². The molecule has 0 spiro atoms. The first kappa shape index (κ1) is 21.3. The van der Waals surface area contributed by atoms with Crippen LogP contribution in [-0.2, 0) is 17.9 Å². The second-order valence-electron chi connectivity index (χ2n) is 6.58. The summed E-state index contributed by atoms with van der Waals surface area (Å²) in [7, 11) is 0. The van der Waals surface area contributed by atoms with E-state index < -0.39 is 0 Å². The lowest BCUT2D eigenvalue weighted by atomic mass is 10.1. The number of benzene rings is 1. The summed E-state index contributed by atoms with van der Waals surface area (Å²) >= 11 is 2.70. The van der Waals surface area contributed by atoms with E-state index in [1.54, 1.807) is 0 Å². The highest BCUT2D eigenvalue weighted by Gasteiger charge is 2.21. The second kappa shape index (κ2) is 9.36. The Bertz CT molecular complexity index is 1000. The highest BCUT2D eigenvalue weighted by Crippen LogP contribution is 2.25. The van der Waals surface area contributed by atoms with Gasteiger partial charge in [-0.25, -0.2) is 0 Å². The number of amides is 1. The topological polar surface area (TPSA) is 94.8 Å². The number of ether oxygens (including phenoxy) is 1. The van der Waals surface area contributed by atoms with E-state index in [9.17, 15) is 4.79 Å². The van der Waals surface area contributed by atoms with Gasteiger partial charge in [0.1, 0.15) is 17.4 Å². The number of hydrogen-bond donors (Lipinski definition) is 1. The third-order valence-electron chi connectivity index (χ3n) is 4.20. The van der Waals surface area contributed by atoms with Crippen LogP contribution in [-0.4, -0.2) is 36.1 Å². The third kappa shape index (κ3) is 5.33. The van der Waals surface area contributed by atoms with E-state index in [0.717, 1.165) is 22.1 Å². The molecule has 0 saturated carbocycles. The Morgan fingerprint density at radius 2 is 2.03 bits per heavy atom. The molecule has 0 aliphatic heterocycles. The number of nitrogens with one attached hydrogen (secondary N) is 1. The van der Waals surface area contributed by atoms with Crippen LogP contribution in [0.4, 0.5) is 5.13 Å². The molecule has 10 heteroatoms. The van der Waals surface area contributed by atoms with Crippen LogP contribution in [0, 0.1) is 20.8 Å². The van der Waals surface area contributed by atoms with Crippen molar-refractivity contribution in [3.8, 4) is 5.75 Å². The molecule has 2 heterocycles. The summed E-state index contributed by atoms with van der Waals surface area (Å²) in [4.78, 5) is 12.4. The van der Waals surface area contributed by atoms with Gasteiger partial charge in [-0.15, -0.1) is 20.4 Å². The molecule has 0 aliphatic rings. The molecule has 154 valence electrons. The predicted octanol–water partition coefficient (Wildman–Crippen LogP) is 3.77. The Hall–Kier alpha value is -2.46. The van der Waals surface area contributed by atoms with E-state index >= 15 is 0 Å². The Labute approximate surface area is 178 Å². The number of rotatable bonds is 8. The molecule has 8 nitrogen and oxygen atoms in total. The summed E-state index contributed by atoms with van der Waals surface area (Å²) in [5.74, 6) is 1.41. The molecule has 1 atom stereocenters. The number of nitrogens with zero attached hydrogens (tertiary/aromatic N) is 5. The van der Waals surface area contributed by atoms with E-state index in [2.05, 4.69) is 38.7 Å². The van der Waals surface area contributed by atoms with Crippen molar-refractivity contribution < 1.29 is 9.53 Å². The molecule has 1 aromatic carbocycles. The smallest absolute Gasteiger partial charge is 0.239 e. The molecule has 0 unspecified atom stereocenters. The maximum absolute atomic E-state index is 12.4. The van der Waals surface area contributed by atoms with Crippen molar-refractivity contribution >= 4 is 34.1 Å². The molecule has 0 fully saturated rings. The van der Waals surface area contributed by atoms with Gasteiger partial charge in [-0.1, -0.05) is 40.8 Å². The summed E-state index contributed by atoms with van der Waals surface area (Å²) < 4.78 is 7.91.